The van der Waals surface area contributed by atoms with Crippen LogP contribution < -0.4 is 15.4 Å². The molecule has 0 radical (unpaired) electrons. The molecule has 0 aromatic heterocycles. The van der Waals surface area contributed by atoms with Crippen molar-refractivity contribution >= 4 is 17.7 Å². The van der Waals surface area contributed by atoms with Crippen LogP contribution in [0.3, 0.4) is 0 Å². The minimum Gasteiger partial charge on any atom is -0.495 e. The predicted octanol–water partition coefficient (Wildman–Crippen LogP) is 2.51. The molecule has 6 heteroatoms. The highest BCUT2D eigenvalue weighted by Gasteiger charge is 2.20. The Kier molecular flexibility index (Phi) is 5.57. The van der Waals surface area contributed by atoms with Crippen LogP contribution in [0.25, 0.3) is 0 Å². The van der Waals surface area contributed by atoms with E-state index in [9.17, 15) is 14.7 Å². The van der Waals surface area contributed by atoms with E-state index in [1.165, 1.54) is 7.11 Å². The Morgan fingerprint density at radius 3 is 2.39 bits per heavy atom. The van der Waals surface area contributed by atoms with E-state index in [1.807, 2.05) is 30.3 Å². The minimum atomic E-state index is -1.09. The van der Waals surface area contributed by atoms with Crippen molar-refractivity contribution in [2.75, 3.05) is 12.4 Å². The monoisotopic (exact) mass is 314 g/mol. The molecule has 1 unspecified atom stereocenters. The van der Waals surface area contributed by atoms with Crippen molar-refractivity contribution in [3.8, 4) is 5.75 Å². The number of carbonyl (C=O) groups excluding carboxylic acids is 1. The number of aliphatic carboxylic acids is 1. The van der Waals surface area contributed by atoms with Crippen molar-refractivity contribution in [3.63, 3.8) is 0 Å². The Bertz CT molecular complexity index is 673. The van der Waals surface area contributed by atoms with Gasteiger partial charge in [-0.3, -0.25) is 0 Å². The summed E-state index contributed by atoms with van der Waals surface area (Å²) >= 11 is 0. The van der Waals surface area contributed by atoms with Gasteiger partial charge in [-0.2, -0.15) is 0 Å². The molecule has 6 nitrogen and oxygen atoms in total. The van der Waals surface area contributed by atoms with Crippen molar-refractivity contribution in [2.24, 2.45) is 0 Å². The summed E-state index contributed by atoms with van der Waals surface area (Å²) in [6, 6.07) is 14.4. The zero-order valence-corrected chi connectivity index (χ0v) is 12.7. The van der Waals surface area contributed by atoms with Crippen LogP contribution in [0, 0.1) is 0 Å². The average molecular weight is 314 g/mol. The van der Waals surface area contributed by atoms with E-state index < -0.39 is 18.0 Å². The van der Waals surface area contributed by atoms with Crippen LogP contribution in [0.2, 0.25) is 0 Å². The molecular formula is C17H18N2O4. The molecular weight excluding hydrogens is 296 g/mol. The first-order valence-corrected chi connectivity index (χ1v) is 7.07. The molecule has 2 aromatic rings. The van der Waals surface area contributed by atoms with Gasteiger partial charge >= 0.3 is 12.0 Å². The lowest BCUT2D eigenvalue weighted by Crippen LogP contribution is -2.44. The smallest absolute Gasteiger partial charge is 0.326 e. The third-order valence-corrected chi connectivity index (χ3v) is 3.24. The summed E-state index contributed by atoms with van der Waals surface area (Å²) in [5.41, 5.74) is 1.30. The summed E-state index contributed by atoms with van der Waals surface area (Å²) in [6.45, 7) is 0. The van der Waals surface area contributed by atoms with Gasteiger partial charge in [-0.25, -0.2) is 9.59 Å². The first kappa shape index (κ1) is 16.4. The second-order valence-corrected chi connectivity index (χ2v) is 4.88. The molecule has 0 spiro atoms. The largest absolute Gasteiger partial charge is 0.495 e. The number of hydrogen-bond donors (Lipinski definition) is 3. The van der Waals surface area contributed by atoms with E-state index in [0.717, 1.165) is 5.56 Å². The van der Waals surface area contributed by atoms with Gasteiger partial charge in [-0.05, 0) is 17.7 Å². The SMILES string of the molecule is COc1ccccc1NC(=O)NC(Cc1ccccc1)C(=O)O. The summed E-state index contributed by atoms with van der Waals surface area (Å²) in [6.07, 6.45) is 0.204. The van der Waals surface area contributed by atoms with Gasteiger partial charge in [0.25, 0.3) is 0 Å². The van der Waals surface area contributed by atoms with E-state index >= 15 is 0 Å². The van der Waals surface area contributed by atoms with E-state index in [-0.39, 0.29) is 6.42 Å². The maximum absolute atomic E-state index is 12.0. The van der Waals surface area contributed by atoms with Gasteiger partial charge in [-0.1, -0.05) is 42.5 Å². The number of carboxylic acid groups (broad SMARTS) is 1. The number of para-hydroxylation sites is 2. The number of nitrogens with one attached hydrogen (secondary N) is 2. The number of anilines is 1. The van der Waals surface area contributed by atoms with Gasteiger partial charge in [0.15, 0.2) is 0 Å². The van der Waals surface area contributed by atoms with Crippen LogP contribution in [0.5, 0.6) is 5.75 Å². The summed E-state index contributed by atoms with van der Waals surface area (Å²) < 4.78 is 5.14. The third-order valence-electron chi connectivity index (χ3n) is 3.24. The summed E-state index contributed by atoms with van der Waals surface area (Å²) in [5.74, 6) is -0.596. The van der Waals surface area contributed by atoms with E-state index in [2.05, 4.69) is 10.6 Å². The summed E-state index contributed by atoms with van der Waals surface area (Å²) in [7, 11) is 1.49. The Morgan fingerprint density at radius 1 is 1.09 bits per heavy atom. The Hall–Kier alpha value is -3.02. The van der Waals surface area contributed by atoms with E-state index in [0.29, 0.717) is 11.4 Å². The molecule has 3 N–H and O–H groups in total. The topological polar surface area (TPSA) is 87.7 Å². The van der Waals surface area contributed by atoms with Gasteiger partial charge in [0.05, 0.1) is 12.8 Å². The molecule has 0 fully saturated rings. The highest BCUT2D eigenvalue weighted by molar-refractivity contribution is 5.93. The normalized spacial score (nSPS) is 11.3. The van der Waals surface area contributed by atoms with Crippen molar-refractivity contribution in [2.45, 2.75) is 12.5 Å². The van der Waals surface area contributed by atoms with Crippen LogP contribution in [0.15, 0.2) is 54.6 Å². The lowest BCUT2D eigenvalue weighted by atomic mass is 10.1. The number of carbonyl (C=O) groups is 2. The number of hydrogen-bond acceptors (Lipinski definition) is 3. The molecule has 2 rings (SSSR count). The Morgan fingerprint density at radius 2 is 1.74 bits per heavy atom. The lowest BCUT2D eigenvalue weighted by Gasteiger charge is -2.16. The molecule has 0 aliphatic heterocycles. The number of amides is 2. The second kappa shape index (κ2) is 7.84. The molecule has 0 bridgehead atoms. The predicted molar refractivity (Wildman–Crippen MR) is 86.7 cm³/mol. The summed E-state index contributed by atoms with van der Waals surface area (Å²) in [4.78, 5) is 23.4. The van der Waals surface area contributed by atoms with Crippen molar-refractivity contribution in [3.05, 3.63) is 60.2 Å². The highest BCUT2D eigenvalue weighted by Crippen LogP contribution is 2.22. The molecule has 2 amide bonds. The average Bonchev–Trinajstić information content (AvgIpc) is 2.55. The van der Waals surface area contributed by atoms with Gasteiger partial charge in [-0.15, -0.1) is 0 Å². The first-order chi connectivity index (χ1) is 11.1. The fraction of sp³-hybridized carbons (Fsp3) is 0.176. The van der Waals surface area contributed by atoms with Crippen LogP contribution in [-0.2, 0) is 11.2 Å². The number of ether oxygens (including phenoxy) is 1. The van der Waals surface area contributed by atoms with Crippen LogP contribution in [0.4, 0.5) is 10.5 Å². The van der Waals surface area contributed by atoms with Crippen LogP contribution in [-0.4, -0.2) is 30.3 Å². The molecule has 2 aromatic carbocycles. The van der Waals surface area contributed by atoms with Crippen molar-refractivity contribution in [1.29, 1.82) is 0 Å². The van der Waals surface area contributed by atoms with Crippen LogP contribution >= 0.6 is 0 Å². The minimum absolute atomic E-state index is 0.204. The molecule has 0 heterocycles. The van der Waals surface area contributed by atoms with Crippen molar-refractivity contribution in [1.82, 2.24) is 5.32 Å². The maximum atomic E-state index is 12.0. The van der Waals surface area contributed by atoms with E-state index in [4.69, 9.17) is 4.74 Å². The fourth-order valence-corrected chi connectivity index (χ4v) is 2.11. The van der Waals surface area contributed by atoms with Gasteiger partial charge in [0, 0.05) is 6.42 Å². The molecule has 120 valence electrons. The number of benzene rings is 2. The van der Waals surface area contributed by atoms with Gasteiger partial charge in [0.1, 0.15) is 11.8 Å². The van der Waals surface area contributed by atoms with E-state index in [1.54, 1.807) is 24.3 Å². The zero-order chi connectivity index (χ0) is 16.7. The molecule has 23 heavy (non-hydrogen) atoms. The molecule has 0 aliphatic carbocycles. The first-order valence-electron chi connectivity index (χ1n) is 7.07. The Balaban J connectivity index is 2.02. The number of urea groups is 1. The molecule has 0 saturated carbocycles. The Labute approximate surface area is 134 Å². The van der Waals surface area contributed by atoms with Gasteiger partial charge in [0.2, 0.25) is 0 Å². The highest BCUT2D eigenvalue weighted by atomic mass is 16.5. The zero-order valence-electron chi connectivity index (χ0n) is 12.7. The quantitative estimate of drug-likeness (QED) is 0.764. The molecule has 0 saturated heterocycles. The van der Waals surface area contributed by atoms with Crippen molar-refractivity contribution < 1.29 is 19.4 Å². The number of carboxylic acids is 1. The summed E-state index contributed by atoms with van der Waals surface area (Å²) in [5, 5.41) is 14.3. The lowest BCUT2D eigenvalue weighted by molar-refractivity contribution is -0.139. The second-order valence-electron chi connectivity index (χ2n) is 4.88. The number of methoxy groups -OCH3 is 1. The van der Waals surface area contributed by atoms with Gasteiger partial charge < -0.3 is 20.5 Å². The fourth-order valence-electron chi connectivity index (χ4n) is 2.11. The molecule has 0 aliphatic rings. The standard InChI is InChI=1S/C17H18N2O4/c1-23-15-10-6-5-9-13(15)18-17(22)19-14(16(20)21)11-12-7-3-2-4-8-12/h2-10,14H,11H2,1H3,(H,20,21)(H2,18,19,22). The van der Waals surface area contributed by atoms with Crippen LogP contribution in [0.1, 0.15) is 5.56 Å². The number of rotatable bonds is 6. The maximum Gasteiger partial charge on any atom is 0.326 e. The molecule has 1 atom stereocenters. The third kappa shape index (κ3) is 4.74.